The summed E-state index contributed by atoms with van der Waals surface area (Å²) in [6, 6.07) is 0. The Bertz CT molecular complexity index is 978. The van der Waals surface area contributed by atoms with Crippen LogP contribution < -0.4 is 5.73 Å². The number of carbonyl (C=O) groups excluding carboxylic acids is 2. The number of nitrogens with zero attached hydrogens (tertiary/aromatic N) is 1. The van der Waals surface area contributed by atoms with Crippen LogP contribution in [0, 0.1) is 17.3 Å². The number of hydrogen-bond donors (Lipinski definition) is 3. The smallest absolute Gasteiger partial charge is 0.309 e. The number of ketones is 1. The maximum Gasteiger partial charge on any atom is 0.309 e. The Labute approximate surface area is 212 Å². The minimum absolute atomic E-state index is 0.140. The molecule has 0 saturated carbocycles. The van der Waals surface area contributed by atoms with Crippen LogP contribution in [0.5, 0.6) is 0 Å². The highest BCUT2D eigenvalue weighted by molar-refractivity contribution is 7.09. The van der Waals surface area contributed by atoms with Crippen molar-refractivity contribution in [1.82, 2.24) is 4.98 Å². The van der Waals surface area contributed by atoms with E-state index in [1.807, 2.05) is 50.5 Å². The second kappa shape index (κ2) is 12.7. The summed E-state index contributed by atoms with van der Waals surface area (Å²) in [4.78, 5) is 30.5. The number of aromatic nitrogens is 1. The first-order chi connectivity index (χ1) is 16.4. The molecule has 0 bridgehead atoms. The van der Waals surface area contributed by atoms with Gasteiger partial charge in [0.05, 0.1) is 29.7 Å². The summed E-state index contributed by atoms with van der Waals surface area (Å²) in [5, 5.41) is 24.3. The second-order valence-corrected chi connectivity index (χ2v) is 11.1. The van der Waals surface area contributed by atoms with E-state index in [-0.39, 0.29) is 18.1 Å². The first-order valence-corrected chi connectivity index (χ1v) is 13.0. The molecule has 0 spiro atoms. The van der Waals surface area contributed by atoms with Gasteiger partial charge in [0.2, 0.25) is 0 Å². The topological polar surface area (TPSA) is 123 Å². The molecule has 5 atom stereocenters. The first kappa shape index (κ1) is 29.1. The van der Waals surface area contributed by atoms with Gasteiger partial charge in [-0.05, 0) is 37.8 Å². The van der Waals surface area contributed by atoms with Crippen molar-refractivity contribution in [2.75, 3.05) is 0 Å². The number of aliphatic hydroxyl groups is 2. The Kier molecular flexibility index (Phi) is 10.6. The van der Waals surface area contributed by atoms with Gasteiger partial charge < -0.3 is 20.7 Å². The second-order valence-electron chi connectivity index (χ2n) is 10.1. The third kappa shape index (κ3) is 7.93. The fraction of sp³-hybridized carbons (Fsp3) is 0.593. The lowest BCUT2D eigenvalue weighted by atomic mass is 9.73. The molecular formula is C27H40N2O5S. The number of allylic oxidation sites excluding steroid dienone is 3. The Morgan fingerprint density at radius 1 is 1.29 bits per heavy atom. The quantitative estimate of drug-likeness (QED) is 0.527. The van der Waals surface area contributed by atoms with Gasteiger partial charge in [0, 0.05) is 24.3 Å². The third-order valence-electron chi connectivity index (χ3n) is 6.78. The number of Topliss-reactive ketones (excluding diaryl/α,β-unsaturated/α-hetero) is 1. The van der Waals surface area contributed by atoms with E-state index in [1.165, 1.54) is 11.3 Å². The molecule has 4 N–H and O–H groups in total. The molecule has 7 nitrogen and oxygen atoms in total. The molecule has 35 heavy (non-hydrogen) atoms. The van der Waals surface area contributed by atoms with Crippen LogP contribution >= 0.6 is 11.3 Å². The van der Waals surface area contributed by atoms with E-state index in [1.54, 1.807) is 20.8 Å². The number of carbonyl (C=O) groups is 2. The SMILES string of the molecule is CC1=CC[C@@H](C(C)=Cc2csc(CN)n2)OC(=O)C[C@H](O)C(C)(C)C(=O)[C@H](C)[C@@H](O)[C@@H](C)CC=C1. The van der Waals surface area contributed by atoms with Crippen LogP contribution in [0.3, 0.4) is 0 Å². The van der Waals surface area contributed by atoms with Crippen molar-refractivity contribution < 1.29 is 24.5 Å². The van der Waals surface area contributed by atoms with Crippen molar-refractivity contribution in [1.29, 1.82) is 0 Å². The Morgan fingerprint density at radius 3 is 2.60 bits per heavy atom. The van der Waals surface area contributed by atoms with Crippen molar-refractivity contribution in [3.63, 3.8) is 0 Å². The van der Waals surface area contributed by atoms with E-state index >= 15 is 0 Å². The molecule has 0 aliphatic carbocycles. The van der Waals surface area contributed by atoms with Crippen LogP contribution in [-0.2, 0) is 20.9 Å². The van der Waals surface area contributed by atoms with Crippen LogP contribution in [0.4, 0.5) is 0 Å². The molecule has 0 saturated heterocycles. The number of thiazole rings is 1. The van der Waals surface area contributed by atoms with Crippen LogP contribution in [0.1, 0.15) is 71.5 Å². The van der Waals surface area contributed by atoms with E-state index in [0.29, 0.717) is 19.4 Å². The van der Waals surface area contributed by atoms with Gasteiger partial charge in [-0.25, -0.2) is 4.98 Å². The highest BCUT2D eigenvalue weighted by Gasteiger charge is 2.42. The lowest BCUT2D eigenvalue weighted by molar-refractivity contribution is -0.154. The maximum absolute atomic E-state index is 13.2. The average Bonchev–Trinajstić information content (AvgIpc) is 3.26. The standard InChI is InChI=1S/C27H40N2O5S/c1-16-8-7-9-17(2)25(32)19(4)26(33)27(5,6)22(30)13-24(31)34-21(11-10-16)18(3)12-20-15-35-23(14-28)29-20/h7-8,10,12,15,17,19,21-22,25,30,32H,9,11,13-14,28H2,1-6H3/t17-,19+,21-,22-,25-/m0/s1. The number of rotatable bonds is 3. The summed E-state index contributed by atoms with van der Waals surface area (Å²) in [7, 11) is 0. The molecule has 1 aliphatic rings. The molecule has 0 unspecified atom stereocenters. The number of ether oxygens (including phenoxy) is 1. The fourth-order valence-electron chi connectivity index (χ4n) is 4.13. The predicted octanol–water partition coefficient (Wildman–Crippen LogP) is 4.19. The van der Waals surface area contributed by atoms with Gasteiger partial charge in [-0.3, -0.25) is 9.59 Å². The van der Waals surface area contributed by atoms with Crippen LogP contribution in [-0.4, -0.2) is 45.3 Å². The molecule has 0 amide bonds. The van der Waals surface area contributed by atoms with Crippen LogP contribution in [0.25, 0.3) is 6.08 Å². The number of esters is 1. The predicted molar refractivity (Wildman–Crippen MR) is 139 cm³/mol. The maximum atomic E-state index is 13.2. The molecule has 1 aromatic rings. The van der Waals surface area contributed by atoms with Crippen LogP contribution in [0.15, 0.2) is 34.8 Å². The van der Waals surface area contributed by atoms with Gasteiger partial charge in [-0.2, -0.15) is 0 Å². The Hall–Kier alpha value is -2.13. The van der Waals surface area contributed by atoms with Crippen molar-refractivity contribution in [2.45, 2.75) is 85.7 Å². The molecule has 8 heteroatoms. The van der Waals surface area contributed by atoms with E-state index < -0.39 is 35.6 Å². The molecule has 0 fully saturated rings. The largest absolute Gasteiger partial charge is 0.457 e. The fourth-order valence-corrected chi connectivity index (χ4v) is 4.76. The van der Waals surface area contributed by atoms with Gasteiger partial charge in [0.25, 0.3) is 0 Å². The molecule has 0 radical (unpaired) electrons. The van der Waals surface area contributed by atoms with Gasteiger partial charge in [0.15, 0.2) is 0 Å². The van der Waals surface area contributed by atoms with Gasteiger partial charge >= 0.3 is 5.97 Å². The van der Waals surface area contributed by atoms with E-state index in [0.717, 1.165) is 21.8 Å². The van der Waals surface area contributed by atoms with Crippen molar-refractivity contribution >= 4 is 29.2 Å². The molecular weight excluding hydrogens is 464 g/mol. The van der Waals surface area contributed by atoms with Gasteiger partial charge in [-0.1, -0.05) is 51.5 Å². The lowest BCUT2D eigenvalue weighted by Crippen LogP contribution is -2.45. The molecule has 2 heterocycles. The zero-order valence-electron chi connectivity index (χ0n) is 21.7. The molecule has 0 aromatic carbocycles. The monoisotopic (exact) mass is 504 g/mol. The summed E-state index contributed by atoms with van der Waals surface area (Å²) in [6.45, 7) is 11.0. The average molecular weight is 505 g/mol. The summed E-state index contributed by atoms with van der Waals surface area (Å²) in [5.74, 6) is -1.69. The van der Waals surface area contributed by atoms with E-state index in [9.17, 15) is 19.8 Å². The van der Waals surface area contributed by atoms with Gasteiger partial charge in [0.1, 0.15) is 16.9 Å². The van der Waals surface area contributed by atoms with Crippen molar-refractivity contribution in [3.05, 3.63) is 45.5 Å². The van der Waals surface area contributed by atoms with Crippen molar-refractivity contribution in [2.24, 2.45) is 23.0 Å². The Morgan fingerprint density at radius 2 is 1.97 bits per heavy atom. The third-order valence-corrected chi connectivity index (χ3v) is 7.67. The number of cyclic esters (lactones) is 1. The Balaban J connectivity index is 2.37. The zero-order chi connectivity index (χ0) is 26.3. The van der Waals surface area contributed by atoms with E-state index in [2.05, 4.69) is 4.98 Å². The number of aliphatic hydroxyl groups excluding tert-OH is 2. The molecule has 1 aromatic heterocycles. The lowest BCUT2D eigenvalue weighted by Gasteiger charge is -2.34. The first-order valence-electron chi connectivity index (χ1n) is 12.1. The van der Waals surface area contributed by atoms with Gasteiger partial charge in [-0.15, -0.1) is 11.3 Å². The molecule has 1 aliphatic heterocycles. The minimum atomic E-state index is -1.24. The summed E-state index contributed by atoms with van der Waals surface area (Å²) in [6.07, 6.45) is 5.92. The summed E-state index contributed by atoms with van der Waals surface area (Å²) in [5.41, 5.74) is 7.01. The number of nitrogens with two attached hydrogens (primary N) is 1. The summed E-state index contributed by atoms with van der Waals surface area (Å²) >= 11 is 1.47. The molecule has 194 valence electrons. The minimum Gasteiger partial charge on any atom is -0.457 e. The normalized spacial score (nSPS) is 29.6. The summed E-state index contributed by atoms with van der Waals surface area (Å²) < 4.78 is 5.79. The zero-order valence-corrected chi connectivity index (χ0v) is 22.5. The molecule has 2 rings (SSSR count). The number of hydrogen-bond acceptors (Lipinski definition) is 8. The highest BCUT2D eigenvalue weighted by atomic mass is 32.1. The van der Waals surface area contributed by atoms with Crippen molar-refractivity contribution in [3.8, 4) is 0 Å². The highest BCUT2D eigenvalue weighted by Crippen LogP contribution is 2.32. The van der Waals surface area contributed by atoms with E-state index in [4.69, 9.17) is 10.5 Å². The van der Waals surface area contributed by atoms with Crippen LogP contribution in [0.2, 0.25) is 0 Å².